The van der Waals surface area contributed by atoms with Crippen molar-refractivity contribution < 1.29 is 4.74 Å². The van der Waals surface area contributed by atoms with Crippen molar-refractivity contribution >= 4 is 11.8 Å². The third kappa shape index (κ3) is 2.64. The molecule has 3 rings (SSSR count). The highest BCUT2D eigenvalue weighted by Crippen LogP contribution is 2.48. The Balaban J connectivity index is 2.01. The van der Waals surface area contributed by atoms with Gasteiger partial charge in [-0.15, -0.1) is 0 Å². The Bertz CT molecular complexity index is 611. The van der Waals surface area contributed by atoms with E-state index in [1.807, 2.05) is 23.9 Å². The van der Waals surface area contributed by atoms with E-state index < -0.39 is 0 Å². The van der Waals surface area contributed by atoms with E-state index in [1.54, 1.807) is 0 Å². The fourth-order valence-electron chi connectivity index (χ4n) is 2.32. The minimum absolute atomic E-state index is 0.284. The molecule has 0 saturated heterocycles. The highest BCUT2D eigenvalue weighted by molar-refractivity contribution is 7.99. The first-order valence-electron chi connectivity index (χ1n) is 6.59. The lowest BCUT2D eigenvalue weighted by Gasteiger charge is -2.25. The number of hydrogen-bond donors (Lipinski definition) is 0. The second-order valence-electron chi connectivity index (χ2n) is 6.13. The van der Waals surface area contributed by atoms with Crippen LogP contribution in [0.5, 0.6) is 11.5 Å². The Hall–Kier alpha value is -1.41. The van der Waals surface area contributed by atoms with E-state index in [0.717, 1.165) is 17.9 Å². The first-order valence-corrected chi connectivity index (χ1v) is 7.41. The molecule has 0 bridgehead atoms. The summed E-state index contributed by atoms with van der Waals surface area (Å²) in [4.78, 5) is 2.48. The Kier molecular flexibility index (Phi) is 3.06. The predicted octanol–water partition coefficient (Wildman–Crippen LogP) is 5.53. The number of benzene rings is 2. The van der Waals surface area contributed by atoms with Gasteiger partial charge in [0, 0.05) is 0 Å². The Morgan fingerprint density at radius 1 is 0.947 bits per heavy atom. The molecule has 0 radical (unpaired) electrons. The Morgan fingerprint density at radius 2 is 1.68 bits per heavy atom. The van der Waals surface area contributed by atoms with Gasteiger partial charge in [-0.1, -0.05) is 56.8 Å². The molecule has 0 fully saturated rings. The van der Waals surface area contributed by atoms with Gasteiger partial charge in [-0.2, -0.15) is 0 Å². The maximum atomic E-state index is 6.01. The van der Waals surface area contributed by atoms with Crippen LogP contribution in [0.2, 0.25) is 0 Å². The van der Waals surface area contributed by atoms with Gasteiger partial charge in [0.05, 0.1) is 9.79 Å². The molecule has 0 saturated carbocycles. The summed E-state index contributed by atoms with van der Waals surface area (Å²) in [6.45, 7) is 6.82. The average molecular weight is 270 g/mol. The molecule has 0 aromatic heterocycles. The van der Waals surface area contributed by atoms with Gasteiger partial charge in [-0.05, 0) is 35.6 Å². The van der Waals surface area contributed by atoms with Crippen LogP contribution >= 0.6 is 11.8 Å². The van der Waals surface area contributed by atoms with Crippen LogP contribution in [0, 0.1) is 5.41 Å². The van der Waals surface area contributed by atoms with Crippen LogP contribution in [-0.2, 0) is 6.42 Å². The zero-order valence-electron chi connectivity index (χ0n) is 11.6. The lowest BCUT2D eigenvalue weighted by atomic mass is 9.88. The molecule has 0 spiro atoms. The molecule has 98 valence electrons. The maximum Gasteiger partial charge on any atom is 0.141 e. The van der Waals surface area contributed by atoms with Crippen molar-refractivity contribution in [2.45, 2.75) is 37.0 Å². The van der Waals surface area contributed by atoms with Gasteiger partial charge >= 0.3 is 0 Å². The average Bonchev–Trinajstić information content (AvgIpc) is 2.35. The van der Waals surface area contributed by atoms with E-state index >= 15 is 0 Å². The fraction of sp³-hybridized carbons (Fsp3) is 0.294. The van der Waals surface area contributed by atoms with Crippen molar-refractivity contribution in [1.29, 1.82) is 0 Å². The SMILES string of the molecule is CC(C)(C)Cc1cccc2c1Sc1ccccc1O2. The summed E-state index contributed by atoms with van der Waals surface area (Å²) in [5, 5.41) is 0. The molecule has 2 heteroatoms. The van der Waals surface area contributed by atoms with Crippen molar-refractivity contribution in [3.63, 3.8) is 0 Å². The predicted molar refractivity (Wildman–Crippen MR) is 80.2 cm³/mol. The van der Waals surface area contributed by atoms with Crippen LogP contribution in [0.4, 0.5) is 0 Å². The quantitative estimate of drug-likeness (QED) is 0.575. The molecular weight excluding hydrogens is 252 g/mol. The molecule has 0 unspecified atom stereocenters. The third-order valence-corrected chi connectivity index (χ3v) is 4.29. The number of rotatable bonds is 1. The molecule has 1 heterocycles. The van der Waals surface area contributed by atoms with Crippen molar-refractivity contribution in [2.75, 3.05) is 0 Å². The maximum absolute atomic E-state index is 6.01. The summed E-state index contributed by atoms with van der Waals surface area (Å²) in [6.07, 6.45) is 1.06. The number of fused-ring (bicyclic) bond motifs is 2. The molecule has 0 N–H and O–H groups in total. The lowest BCUT2D eigenvalue weighted by Crippen LogP contribution is -2.10. The van der Waals surface area contributed by atoms with Crippen molar-refractivity contribution in [3.05, 3.63) is 48.0 Å². The van der Waals surface area contributed by atoms with Crippen molar-refractivity contribution in [2.24, 2.45) is 5.41 Å². The topological polar surface area (TPSA) is 9.23 Å². The van der Waals surface area contributed by atoms with Gasteiger partial charge in [0.25, 0.3) is 0 Å². The molecule has 2 aromatic rings. The Morgan fingerprint density at radius 3 is 2.47 bits per heavy atom. The smallest absolute Gasteiger partial charge is 0.141 e. The summed E-state index contributed by atoms with van der Waals surface area (Å²) in [6, 6.07) is 14.6. The largest absolute Gasteiger partial charge is 0.455 e. The van der Waals surface area contributed by atoms with Gasteiger partial charge in [-0.25, -0.2) is 0 Å². The lowest BCUT2D eigenvalue weighted by molar-refractivity contribution is 0.403. The third-order valence-electron chi connectivity index (χ3n) is 3.06. The standard InChI is InChI=1S/C17H18OS/c1-17(2,3)11-12-7-6-9-14-16(12)19-15-10-5-4-8-13(15)18-14/h4-10H,11H2,1-3H3. The molecule has 19 heavy (non-hydrogen) atoms. The van der Waals surface area contributed by atoms with E-state index in [1.165, 1.54) is 15.4 Å². The first-order chi connectivity index (χ1) is 9.03. The molecule has 1 aliphatic heterocycles. The van der Waals surface area contributed by atoms with Gasteiger partial charge in [0.2, 0.25) is 0 Å². The highest BCUT2D eigenvalue weighted by atomic mass is 32.2. The van der Waals surface area contributed by atoms with Gasteiger partial charge in [0.1, 0.15) is 11.5 Å². The monoisotopic (exact) mass is 270 g/mol. The highest BCUT2D eigenvalue weighted by Gasteiger charge is 2.22. The normalized spacial score (nSPS) is 13.4. The summed E-state index contributed by atoms with van der Waals surface area (Å²) in [5.41, 5.74) is 1.66. The summed E-state index contributed by atoms with van der Waals surface area (Å²) < 4.78 is 6.01. The van der Waals surface area contributed by atoms with Crippen molar-refractivity contribution in [1.82, 2.24) is 0 Å². The minimum atomic E-state index is 0.284. The molecule has 0 aliphatic carbocycles. The number of para-hydroxylation sites is 1. The van der Waals surface area contributed by atoms with E-state index in [4.69, 9.17) is 4.74 Å². The fourth-order valence-corrected chi connectivity index (χ4v) is 3.37. The van der Waals surface area contributed by atoms with Gasteiger partial charge in [-0.3, -0.25) is 0 Å². The molecule has 1 aliphatic rings. The van der Waals surface area contributed by atoms with Crippen LogP contribution in [0.15, 0.2) is 52.3 Å². The van der Waals surface area contributed by atoms with E-state index in [9.17, 15) is 0 Å². The van der Waals surface area contributed by atoms with E-state index in [2.05, 4.69) is 51.1 Å². The van der Waals surface area contributed by atoms with Crippen LogP contribution < -0.4 is 4.74 Å². The first kappa shape index (κ1) is 12.6. The second kappa shape index (κ2) is 4.61. The summed E-state index contributed by atoms with van der Waals surface area (Å²) in [5.74, 6) is 1.96. The van der Waals surface area contributed by atoms with Crippen LogP contribution in [0.1, 0.15) is 26.3 Å². The number of ether oxygens (including phenoxy) is 1. The van der Waals surface area contributed by atoms with E-state index in [-0.39, 0.29) is 5.41 Å². The second-order valence-corrected chi connectivity index (χ2v) is 7.18. The van der Waals surface area contributed by atoms with Crippen LogP contribution in [0.3, 0.4) is 0 Å². The molecule has 0 amide bonds. The zero-order valence-corrected chi connectivity index (χ0v) is 12.4. The zero-order chi connectivity index (χ0) is 13.5. The van der Waals surface area contributed by atoms with Crippen molar-refractivity contribution in [3.8, 4) is 11.5 Å². The van der Waals surface area contributed by atoms with Crippen LogP contribution in [0.25, 0.3) is 0 Å². The minimum Gasteiger partial charge on any atom is -0.455 e. The Labute approximate surface area is 119 Å². The van der Waals surface area contributed by atoms with Gasteiger partial charge < -0.3 is 4.74 Å². The van der Waals surface area contributed by atoms with E-state index in [0.29, 0.717) is 0 Å². The van der Waals surface area contributed by atoms with Crippen LogP contribution in [-0.4, -0.2) is 0 Å². The van der Waals surface area contributed by atoms with Gasteiger partial charge in [0.15, 0.2) is 0 Å². The molecule has 2 aromatic carbocycles. The molecular formula is C17H18OS. The summed E-state index contributed by atoms with van der Waals surface area (Å²) >= 11 is 1.82. The molecule has 1 nitrogen and oxygen atoms in total. The number of hydrogen-bond acceptors (Lipinski definition) is 2. The molecule has 0 atom stereocenters. The summed E-state index contributed by atoms with van der Waals surface area (Å²) in [7, 11) is 0.